The molecular weight excluding hydrogens is 370 g/mol. The van der Waals surface area contributed by atoms with Crippen molar-refractivity contribution in [1.29, 1.82) is 0 Å². The number of nitrogens with zero attached hydrogens (tertiary/aromatic N) is 1. The van der Waals surface area contributed by atoms with Gasteiger partial charge in [-0.2, -0.15) is 0 Å². The van der Waals surface area contributed by atoms with Gasteiger partial charge in [0.1, 0.15) is 12.3 Å². The highest BCUT2D eigenvalue weighted by Gasteiger charge is 2.13. The average molecular weight is 389 g/mol. The minimum absolute atomic E-state index is 0.0163. The van der Waals surface area contributed by atoms with Crippen LogP contribution in [0.5, 0.6) is 11.5 Å². The number of ether oxygens (including phenoxy) is 3. The molecule has 0 aliphatic carbocycles. The predicted molar refractivity (Wildman–Crippen MR) is 108 cm³/mol. The first kappa shape index (κ1) is 18.6. The second kappa shape index (κ2) is 8.06. The van der Waals surface area contributed by atoms with Gasteiger partial charge >= 0.3 is 5.97 Å². The Morgan fingerprint density at radius 3 is 2.48 bits per heavy atom. The lowest BCUT2D eigenvalue weighted by atomic mass is 10.1. The molecule has 0 saturated heterocycles. The zero-order valence-electron chi connectivity index (χ0n) is 16.0. The number of fused-ring (bicyclic) bond motifs is 1. The van der Waals surface area contributed by atoms with Crippen LogP contribution in [0.15, 0.2) is 71.3 Å². The van der Waals surface area contributed by atoms with Gasteiger partial charge in [-0.3, -0.25) is 0 Å². The van der Waals surface area contributed by atoms with Crippen molar-refractivity contribution in [3.05, 3.63) is 78.0 Å². The fourth-order valence-electron chi connectivity index (χ4n) is 3.04. The highest BCUT2D eigenvalue weighted by atomic mass is 16.5. The number of rotatable bonds is 6. The van der Waals surface area contributed by atoms with Gasteiger partial charge in [0.05, 0.1) is 19.8 Å². The lowest BCUT2D eigenvalue weighted by Crippen LogP contribution is -2.05. The molecule has 4 aromatic rings. The molecule has 4 rings (SSSR count). The van der Waals surface area contributed by atoms with E-state index in [-0.39, 0.29) is 6.61 Å². The van der Waals surface area contributed by atoms with E-state index in [1.54, 1.807) is 38.5 Å². The SMILES string of the molecule is COc1ccc(-c2cc(COC(=O)c3ccc4ccccc4c3)no2)cc1OC. The van der Waals surface area contributed by atoms with Crippen molar-refractivity contribution >= 4 is 16.7 Å². The van der Waals surface area contributed by atoms with Gasteiger partial charge in [-0.05, 0) is 41.1 Å². The molecule has 146 valence electrons. The van der Waals surface area contributed by atoms with Crippen molar-refractivity contribution in [2.75, 3.05) is 14.2 Å². The third-order valence-corrected chi connectivity index (χ3v) is 4.56. The monoisotopic (exact) mass is 389 g/mol. The van der Waals surface area contributed by atoms with E-state index in [1.165, 1.54) is 0 Å². The summed E-state index contributed by atoms with van der Waals surface area (Å²) >= 11 is 0. The Hall–Kier alpha value is -3.80. The predicted octanol–water partition coefficient (Wildman–Crippen LogP) is 4.87. The fourth-order valence-corrected chi connectivity index (χ4v) is 3.04. The number of carbonyl (C=O) groups excluding carboxylic acids is 1. The van der Waals surface area contributed by atoms with E-state index in [9.17, 15) is 4.79 Å². The topological polar surface area (TPSA) is 70.8 Å². The first-order valence-corrected chi connectivity index (χ1v) is 9.02. The van der Waals surface area contributed by atoms with Gasteiger partial charge in [0.15, 0.2) is 17.3 Å². The van der Waals surface area contributed by atoms with E-state index in [4.69, 9.17) is 18.7 Å². The van der Waals surface area contributed by atoms with Crippen LogP contribution in [0.2, 0.25) is 0 Å². The zero-order chi connectivity index (χ0) is 20.2. The van der Waals surface area contributed by atoms with Gasteiger partial charge in [0, 0.05) is 11.6 Å². The van der Waals surface area contributed by atoms with E-state index in [2.05, 4.69) is 5.16 Å². The summed E-state index contributed by atoms with van der Waals surface area (Å²) in [6, 6.07) is 20.5. The standard InChI is InChI=1S/C23H19NO5/c1-26-20-10-9-17(12-22(20)27-2)21-13-19(24-29-21)14-28-23(25)18-8-7-15-5-3-4-6-16(15)11-18/h3-13H,14H2,1-2H3. The van der Waals surface area contributed by atoms with E-state index < -0.39 is 5.97 Å². The van der Waals surface area contributed by atoms with Crippen LogP contribution in [0.25, 0.3) is 22.1 Å². The normalized spacial score (nSPS) is 10.7. The molecule has 0 spiro atoms. The molecule has 0 amide bonds. The van der Waals surface area contributed by atoms with Crippen LogP contribution in [-0.2, 0) is 11.3 Å². The Morgan fingerprint density at radius 2 is 1.69 bits per heavy atom. The van der Waals surface area contributed by atoms with Gasteiger partial charge in [-0.25, -0.2) is 4.79 Å². The van der Waals surface area contributed by atoms with E-state index in [0.29, 0.717) is 28.5 Å². The van der Waals surface area contributed by atoms with Crippen LogP contribution >= 0.6 is 0 Å². The molecule has 6 heteroatoms. The summed E-state index contributed by atoms with van der Waals surface area (Å²) in [7, 11) is 3.15. The molecule has 0 unspecified atom stereocenters. The number of esters is 1. The minimum Gasteiger partial charge on any atom is -0.493 e. The lowest BCUT2D eigenvalue weighted by molar-refractivity contribution is 0.0464. The number of benzene rings is 3. The summed E-state index contributed by atoms with van der Waals surface area (Å²) in [5, 5.41) is 6.04. The summed E-state index contributed by atoms with van der Waals surface area (Å²) < 4.78 is 21.3. The number of aromatic nitrogens is 1. The van der Waals surface area contributed by atoms with Crippen LogP contribution in [0.1, 0.15) is 16.1 Å². The van der Waals surface area contributed by atoms with E-state index in [1.807, 2.05) is 42.5 Å². The number of hydrogen-bond acceptors (Lipinski definition) is 6. The molecule has 0 atom stereocenters. The maximum absolute atomic E-state index is 12.4. The van der Waals surface area contributed by atoms with Crippen molar-refractivity contribution in [1.82, 2.24) is 5.16 Å². The first-order valence-electron chi connectivity index (χ1n) is 9.02. The summed E-state index contributed by atoms with van der Waals surface area (Å²) in [5.41, 5.74) is 1.79. The number of hydrogen-bond donors (Lipinski definition) is 0. The van der Waals surface area contributed by atoms with E-state index in [0.717, 1.165) is 16.3 Å². The van der Waals surface area contributed by atoms with Crippen molar-refractivity contribution in [3.8, 4) is 22.8 Å². The summed E-state index contributed by atoms with van der Waals surface area (Å²) in [4.78, 5) is 12.4. The summed E-state index contributed by atoms with van der Waals surface area (Å²) in [6.07, 6.45) is 0. The summed E-state index contributed by atoms with van der Waals surface area (Å²) in [5.74, 6) is 1.35. The molecule has 1 heterocycles. The second-order valence-electron chi connectivity index (χ2n) is 6.39. The third kappa shape index (κ3) is 3.91. The molecule has 3 aromatic carbocycles. The van der Waals surface area contributed by atoms with Crippen LogP contribution in [0.4, 0.5) is 0 Å². The quantitative estimate of drug-likeness (QED) is 0.438. The van der Waals surface area contributed by atoms with Gasteiger partial charge in [-0.15, -0.1) is 0 Å². The average Bonchev–Trinajstić information content (AvgIpc) is 3.25. The Bertz CT molecular complexity index is 1160. The van der Waals surface area contributed by atoms with Crippen molar-refractivity contribution in [2.45, 2.75) is 6.61 Å². The Labute approximate surface area is 167 Å². The zero-order valence-corrected chi connectivity index (χ0v) is 16.0. The molecule has 0 aliphatic heterocycles. The molecule has 0 bridgehead atoms. The number of carbonyl (C=O) groups is 1. The maximum atomic E-state index is 12.4. The van der Waals surface area contributed by atoms with Crippen LogP contribution < -0.4 is 9.47 Å². The Kier molecular flexibility index (Phi) is 5.16. The van der Waals surface area contributed by atoms with Crippen molar-refractivity contribution in [3.63, 3.8) is 0 Å². The minimum atomic E-state index is -0.411. The largest absolute Gasteiger partial charge is 0.493 e. The van der Waals surface area contributed by atoms with Crippen molar-refractivity contribution in [2.24, 2.45) is 0 Å². The Morgan fingerprint density at radius 1 is 0.897 bits per heavy atom. The molecule has 0 N–H and O–H groups in total. The Balaban J connectivity index is 1.45. The molecule has 1 aromatic heterocycles. The molecular formula is C23H19NO5. The maximum Gasteiger partial charge on any atom is 0.338 e. The second-order valence-corrected chi connectivity index (χ2v) is 6.39. The van der Waals surface area contributed by atoms with Crippen LogP contribution in [-0.4, -0.2) is 25.3 Å². The van der Waals surface area contributed by atoms with Gasteiger partial charge < -0.3 is 18.7 Å². The lowest BCUT2D eigenvalue weighted by Gasteiger charge is -2.07. The molecule has 0 fully saturated rings. The molecule has 0 radical (unpaired) electrons. The van der Waals surface area contributed by atoms with Crippen molar-refractivity contribution < 1.29 is 23.5 Å². The van der Waals surface area contributed by atoms with Gasteiger partial charge in [-0.1, -0.05) is 35.5 Å². The molecule has 0 aliphatic rings. The fraction of sp³-hybridized carbons (Fsp3) is 0.130. The smallest absolute Gasteiger partial charge is 0.338 e. The van der Waals surface area contributed by atoms with E-state index >= 15 is 0 Å². The molecule has 6 nitrogen and oxygen atoms in total. The first-order chi connectivity index (χ1) is 14.2. The van der Waals surface area contributed by atoms with Crippen LogP contribution in [0, 0.1) is 0 Å². The molecule has 29 heavy (non-hydrogen) atoms. The van der Waals surface area contributed by atoms with Gasteiger partial charge in [0.25, 0.3) is 0 Å². The highest BCUT2D eigenvalue weighted by molar-refractivity contribution is 5.95. The molecule has 0 saturated carbocycles. The number of methoxy groups -OCH3 is 2. The van der Waals surface area contributed by atoms with Crippen LogP contribution in [0.3, 0.4) is 0 Å². The van der Waals surface area contributed by atoms with Gasteiger partial charge in [0.2, 0.25) is 0 Å². The third-order valence-electron chi connectivity index (χ3n) is 4.56. The highest BCUT2D eigenvalue weighted by Crippen LogP contribution is 2.32. The summed E-state index contributed by atoms with van der Waals surface area (Å²) in [6.45, 7) is 0.0163.